The molecule has 0 spiro atoms. The Morgan fingerprint density at radius 3 is 2.71 bits per heavy atom. The maximum atomic E-state index is 6.18. The van der Waals surface area contributed by atoms with Crippen molar-refractivity contribution in [2.45, 2.75) is 58.1 Å². The molecule has 2 rings (SSSR count). The minimum atomic E-state index is 0.411. The molecule has 2 aliphatic rings. The SMILES string of the molecule is CC1(C)CC1C(N)CCC1CCCO1. The van der Waals surface area contributed by atoms with Gasteiger partial charge in [-0.25, -0.2) is 0 Å². The second kappa shape index (κ2) is 3.82. The molecule has 1 saturated carbocycles. The number of hydrogen-bond acceptors (Lipinski definition) is 2. The Labute approximate surface area is 87.2 Å². The standard InChI is InChI=1S/C12H23NO/c1-12(2)8-10(12)11(13)6-5-9-4-3-7-14-9/h9-11H,3-8,13H2,1-2H3. The molecule has 1 aliphatic carbocycles. The third-order valence-corrected chi connectivity index (χ3v) is 3.95. The van der Waals surface area contributed by atoms with Crippen LogP contribution in [0.4, 0.5) is 0 Å². The molecule has 14 heavy (non-hydrogen) atoms. The molecule has 2 fully saturated rings. The highest BCUT2D eigenvalue weighted by Gasteiger charge is 2.48. The van der Waals surface area contributed by atoms with Gasteiger partial charge in [0.05, 0.1) is 6.10 Å². The third-order valence-electron chi connectivity index (χ3n) is 3.95. The first-order valence-electron chi connectivity index (χ1n) is 5.97. The molecule has 0 bridgehead atoms. The monoisotopic (exact) mass is 197 g/mol. The summed E-state index contributed by atoms with van der Waals surface area (Å²) >= 11 is 0. The Kier molecular flexibility index (Phi) is 2.85. The van der Waals surface area contributed by atoms with Crippen LogP contribution in [-0.4, -0.2) is 18.8 Å². The summed E-state index contributed by atoms with van der Waals surface area (Å²) in [6.07, 6.45) is 6.66. The third kappa shape index (κ3) is 2.29. The Balaban J connectivity index is 1.65. The van der Waals surface area contributed by atoms with Gasteiger partial charge in [-0.2, -0.15) is 0 Å². The van der Waals surface area contributed by atoms with E-state index in [0.717, 1.165) is 18.9 Å². The summed E-state index contributed by atoms with van der Waals surface area (Å²) in [5.74, 6) is 0.768. The van der Waals surface area contributed by atoms with Gasteiger partial charge >= 0.3 is 0 Å². The smallest absolute Gasteiger partial charge is 0.0576 e. The van der Waals surface area contributed by atoms with Gasteiger partial charge < -0.3 is 10.5 Å². The lowest BCUT2D eigenvalue weighted by molar-refractivity contribution is 0.0997. The van der Waals surface area contributed by atoms with E-state index in [4.69, 9.17) is 10.5 Å². The van der Waals surface area contributed by atoms with Crippen LogP contribution in [-0.2, 0) is 4.74 Å². The molecule has 3 unspecified atom stereocenters. The molecule has 1 heterocycles. The molecule has 0 amide bonds. The van der Waals surface area contributed by atoms with Gasteiger partial charge in [0.25, 0.3) is 0 Å². The van der Waals surface area contributed by atoms with Crippen LogP contribution in [0.1, 0.15) is 46.0 Å². The second-order valence-electron chi connectivity index (χ2n) is 5.68. The Bertz CT molecular complexity index is 196. The van der Waals surface area contributed by atoms with Crippen molar-refractivity contribution in [1.82, 2.24) is 0 Å². The predicted molar refractivity (Wildman–Crippen MR) is 58.1 cm³/mol. The van der Waals surface area contributed by atoms with E-state index in [1.54, 1.807) is 0 Å². The Morgan fingerprint density at radius 1 is 1.50 bits per heavy atom. The van der Waals surface area contributed by atoms with Crippen LogP contribution < -0.4 is 5.73 Å². The quantitative estimate of drug-likeness (QED) is 0.750. The molecule has 1 saturated heterocycles. The first kappa shape index (κ1) is 10.4. The minimum absolute atomic E-state index is 0.411. The van der Waals surface area contributed by atoms with Crippen LogP contribution in [0, 0.1) is 11.3 Å². The lowest BCUT2D eigenvalue weighted by Crippen LogP contribution is -2.26. The highest BCUT2D eigenvalue weighted by atomic mass is 16.5. The fourth-order valence-electron chi connectivity index (χ4n) is 2.69. The number of rotatable bonds is 4. The maximum Gasteiger partial charge on any atom is 0.0576 e. The molecule has 82 valence electrons. The van der Waals surface area contributed by atoms with Gasteiger partial charge in [0, 0.05) is 12.6 Å². The zero-order valence-corrected chi connectivity index (χ0v) is 9.46. The summed E-state index contributed by atoms with van der Waals surface area (Å²) in [5.41, 5.74) is 6.70. The summed E-state index contributed by atoms with van der Waals surface area (Å²) in [4.78, 5) is 0. The summed E-state index contributed by atoms with van der Waals surface area (Å²) < 4.78 is 5.60. The molecule has 2 heteroatoms. The highest BCUT2D eigenvalue weighted by Crippen LogP contribution is 2.53. The lowest BCUT2D eigenvalue weighted by Gasteiger charge is -2.15. The van der Waals surface area contributed by atoms with Crippen LogP contribution in [0.15, 0.2) is 0 Å². The molecule has 0 aromatic carbocycles. The van der Waals surface area contributed by atoms with Crippen LogP contribution in [0.5, 0.6) is 0 Å². The second-order valence-corrected chi connectivity index (χ2v) is 5.68. The highest BCUT2D eigenvalue weighted by molar-refractivity contribution is 5.00. The molecular weight excluding hydrogens is 174 g/mol. The first-order chi connectivity index (χ1) is 6.59. The van der Waals surface area contributed by atoms with E-state index in [0.29, 0.717) is 17.6 Å². The van der Waals surface area contributed by atoms with E-state index in [2.05, 4.69) is 13.8 Å². The van der Waals surface area contributed by atoms with E-state index >= 15 is 0 Å². The van der Waals surface area contributed by atoms with E-state index in [9.17, 15) is 0 Å². The molecule has 0 aromatic rings. The molecular formula is C12H23NO. The fraction of sp³-hybridized carbons (Fsp3) is 1.00. The predicted octanol–water partition coefficient (Wildman–Crippen LogP) is 2.32. The average Bonchev–Trinajstić information content (AvgIpc) is 2.61. The van der Waals surface area contributed by atoms with Crippen LogP contribution >= 0.6 is 0 Å². The molecule has 3 atom stereocenters. The van der Waals surface area contributed by atoms with Gasteiger partial charge in [0.15, 0.2) is 0 Å². The zero-order valence-electron chi connectivity index (χ0n) is 9.46. The van der Waals surface area contributed by atoms with Gasteiger partial charge in [-0.05, 0) is 43.4 Å². The normalized spacial score (nSPS) is 37.1. The summed E-state index contributed by atoms with van der Waals surface area (Å²) in [6, 6.07) is 0.411. The minimum Gasteiger partial charge on any atom is -0.378 e. The number of hydrogen-bond donors (Lipinski definition) is 1. The van der Waals surface area contributed by atoms with E-state index in [-0.39, 0.29) is 0 Å². The zero-order chi connectivity index (χ0) is 10.2. The molecule has 2 N–H and O–H groups in total. The van der Waals surface area contributed by atoms with Gasteiger partial charge in [-0.3, -0.25) is 0 Å². The van der Waals surface area contributed by atoms with Gasteiger partial charge in [-0.15, -0.1) is 0 Å². The van der Waals surface area contributed by atoms with E-state index in [1.165, 1.54) is 25.7 Å². The maximum absolute atomic E-state index is 6.18. The summed E-state index contributed by atoms with van der Waals surface area (Å²) in [7, 11) is 0. The van der Waals surface area contributed by atoms with Crippen LogP contribution in [0.25, 0.3) is 0 Å². The molecule has 0 radical (unpaired) electrons. The molecule has 0 aromatic heterocycles. The van der Waals surface area contributed by atoms with Gasteiger partial charge in [-0.1, -0.05) is 13.8 Å². The Hall–Kier alpha value is -0.0800. The van der Waals surface area contributed by atoms with Gasteiger partial charge in [0.1, 0.15) is 0 Å². The van der Waals surface area contributed by atoms with Crippen molar-refractivity contribution in [2.75, 3.05) is 6.61 Å². The Morgan fingerprint density at radius 2 is 2.21 bits per heavy atom. The van der Waals surface area contributed by atoms with Crippen LogP contribution in [0.3, 0.4) is 0 Å². The molecule has 2 nitrogen and oxygen atoms in total. The summed E-state index contributed by atoms with van der Waals surface area (Å²) in [6.45, 7) is 5.61. The van der Waals surface area contributed by atoms with Crippen molar-refractivity contribution >= 4 is 0 Å². The van der Waals surface area contributed by atoms with Crippen molar-refractivity contribution in [3.05, 3.63) is 0 Å². The average molecular weight is 197 g/mol. The fourth-order valence-corrected chi connectivity index (χ4v) is 2.69. The van der Waals surface area contributed by atoms with Gasteiger partial charge in [0.2, 0.25) is 0 Å². The van der Waals surface area contributed by atoms with Crippen molar-refractivity contribution in [2.24, 2.45) is 17.1 Å². The number of nitrogens with two attached hydrogens (primary N) is 1. The van der Waals surface area contributed by atoms with Crippen molar-refractivity contribution in [3.8, 4) is 0 Å². The number of ether oxygens (including phenoxy) is 1. The van der Waals surface area contributed by atoms with Crippen molar-refractivity contribution in [1.29, 1.82) is 0 Å². The van der Waals surface area contributed by atoms with E-state index < -0.39 is 0 Å². The lowest BCUT2D eigenvalue weighted by atomic mass is 9.98. The van der Waals surface area contributed by atoms with Crippen molar-refractivity contribution in [3.63, 3.8) is 0 Å². The first-order valence-corrected chi connectivity index (χ1v) is 5.97. The molecule has 1 aliphatic heterocycles. The van der Waals surface area contributed by atoms with Crippen LogP contribution in [0.2, 0.25) is 0 Å². The van der Waals surface area contributed by atoms with E-state index in [1.807, 2.05) is 0 Å². The summed E-state index contributed by atoms with van der Waals surface area (Å²) in [5, 5.41) is 0. The van der Waals surface area contributed by atoms with Crippen molar-refractivity contribution < 1.29 is 4.74 Å². The largest absolute Gasteiger partial charge is 0.378 e. The topological polar surface area (TPSA) is 35.2 Å².